The molecule has 0 saturated heterocycles. The lowest BCUT2D eigenvalue weighted by Crippen LogP contribution is -2.22. The van der Waals surface area contributed by atoms with Gasteiger partial charge in [-0.05, 0) is 77.7 Å². The molecule has 0 spiro atoms. The third-order valence-corrected chi connectivity index (χ3v) is 5.64. The smallest absolute Gasteiger partial charge is 0.282 e. The second-order valence-electron chi connectivity index (χ2n) is 6.83. The van der Waals surface area contributed by atoms with E-state index in [-0.39, 0.29) is 11.7 Å². The first-order valence-electron chi connectivity index (χ1n) is 9.64. The third kappa shape index (κ3) is 5.14. The minimum absolute atomic E-state index is 0.143. The number of ether oxygens (including phenoxy) is 1. The number of aryl methyl sites for hydroxylation is 1. The molecule has 5 nitrogen and oxygen atoms in total. The molecule has 29 heavy (non-hydrogen) atoms. The van der Waals surface area contributed by atoms with Crippen molar-refractivity contribution in [3.63, 3.8) is 0 Å². The van der Waals surface area contributed by atoms with Crippen LogP contribution in [0.25, 0.3) is 10.9 Å². The zero-order valence-corrected chi connectivity index (χ0v) is 19.8. The number of nitrogens with zero attached hydrogens (tertiary/aromatic N) is 3. The van der Waals surface area contributed by atoms with Crippen molar-refractivity contribution in [2.24, 2.45) is 5.10 Å². The summed E-state index contributed by atoms with van der Waals surface area (Å²) < 4.78 is 8.97. The average molecular weight is 521 g/mol. The Morgan fingerprint density at radius 1 is 1.21 bits per heavy atom. The van der Waals surface area contributed by atoms with Gasteiger partial charge in [-0.2, -0.15) is 9.78 Å². The van der Waals surface area contributed by atoms with Gasteiger partial charge in [-0.25, -0.2) is 4.98 Å². The van der Waals surface area contributed by atoms with Gasteiger partial charge in [0.05, 0.1) is 27.7 Å². The second kappa shape index (κ2) is 9.67. The first-order valence-corrected chi connectivity index (χ1v) is 11.2. The van der Waals surface area contributed by atoms with Crippen LogP contribution in [-0.2, 0) is 6.42 Å². The van der Waals surface area contributed by atoms with Gasteiger partial charge in [-0.1, -0.05) is 29.8 Å². The molecule has 0 bridgehead atoms. The Balaban J connectivity index is 1.99. The summed E-state index contributed by atoms with van der Waals surface area (Å²) in [6.07, 6.45) is 4.29. The number of hydrogen-bond acceptors (Lipinski definition) is 4. The first-order chi connectivity index (χ1) is 13.9. The molecule has 2 aromatic carbocycles. The molecule has 0 fully saturated rings. The predicted octanol–water partition coefficient (Wildman–Crippen LogP) is 5.93. The van der Waals surface area contributed by atoms with Crippen molar-refractivity contribution in [2.75, 3.05) is 0 Å². The van der Waals surface area contributed by atoms with Gasteiger partial charge in [0, 0.05) is 10.9 Å². The summed E-state index contributed by atoms with van der Waals surface area (Å²) in [5, 5.41) is 5.00. The molecule has 0 amide bonds. The Morgan fingerprint density at radius 2 is 2.00 bits per heavy atom. The van der Waals surface area contributed by atoms with Gasteiger partial charge in [0.15, 0.2) is 0 Å². The van der Waals surface area contributed by atoms with Crippen molar-refractivity contribution in [3.8, 4) is 5.75 Å². The molecule has 1 aromatic heterocycles. The molecular weight excluding hydrogens is 498 g/mol. The maximum Gasteiger partial charge on any atom is 0.282 e. The highest BCUT2D eigenvalue weighted by atomic mass is 79.9. The van der Waals surface area contributed by atoms with Gasteiger partial charge in [0.1, 0.15) is 11.6 Å². The SMILES string of the molecule is CCCc1nc2ccc(Br)cc2c(=O)n1N=Cc1ccc(O[C@H](C)CC)c(Br)c1. The van der Waals surface area contributed by atoms with Crippen LogP contribution in [0.4, 0.5) is 0 Å². The summed E-state index contributed by atoms with van der Waals surface area (Å²) >= 11 is 6.97. The van der Waals surface area contributed by atoms with Crippen molar-refractivity contribution in [1.82, 2.24) is 9.66 Å². The van der Waals surface area contributed by atoms with Crippen LogP contribution in [0.1, 0.15) is 45.0 Å². The van der Waals surface area contributed by atoms with E-state index in [1.165, 1.54) is 4.68 Å². The molecule has 1 atom stereocenters. The van der Waals surface area contributed by atoms with E-state index in [1.54, 1.807) is 12.3 Å². The van der Waals surface area contributed by atoms with E-state index in [1.807, 2.05) is 37.3 Å². The number of halogens is 2. The summed E-state index contributed by atoms with van der Waals surface area (Å²) in [6, 6.07) is 11.3. The Morgan fingerprint density at radius 3 is 2.69 bits per heavy atom. The molecule has 0 aliphatic rings. The molecule has 0 radical (unpaired) electrons. The normalized spacial score (nSPS) is 12.6. The van der Waals surface area contributed by atoms with E-state index < -0.39 is 0 Å². The summed E-state index contributed by atoms with van der Waals surface area (Å²) in [5.74, 6) is 1.44. The monoisotopic (exact) mass is 519 g/mol. The summed E-state index contributed by atoms with van der Waals surface area (Å²) in [5.41, 5.74) is 1.37. The van der Waals surface area contributed by atoms with Crippen LogP contribution in [0, 0.1) is 0 Å². The first kappa shape index (κ1) is 21.7. The Hall–Kier alpha value is -1.99. The van der Waals surface area contributed by atoms with Crippen LogP contribution in [-0.4, -0.2) is 22.0 Å². The molecule has 0 aliphatic heterocycles. The highest BCUT2D eigenvalue weighted by molar-refractivity contribution is 9.10. The molecule has 3 aromatic rings. The minimum atomic E-state index is -0.174. The predicted molar refractivity (Wildman–Crippen MR) is 125 cm³/mol. The maximum absolute atomic E-state index is 13.0. The lowest BCUT2D eigenvalue weighted by molar-refractivity contribution is 0.216. The van der Waals surface area contributed by atoms with Crippen LogP contribution in [0.2, 0.25) is 0 Å². The van der Waals surface area contributed by atoms with Gasteiger partial charge in [0.2, 0.25) is 0 Å². The van der Waals surface area contributed by atoms with Crippen LogP contribution < -0.4 is 10.3 Å². The van der Waals surface area contributed by atoms with Crippen LogP contribution in [0.3, 0.4) is 0 Å². The highest BCUT2D eigenvalue weighted by Crippen LogP contribution is 2.27. The molecule has 0 unspecified atom stereocenters. The molecule has 7 heteroatoms. The van der Waals surface area contributed by atoms with Crippen molar-refractivity contribution in [1.29, 1.82) is 0 Å². The van der Waals surface area contributed by atoms with Gasteiger partial charge < -0.3 is 4.74 Å². The van der Waals surface area contributed by atoms with E-state index in [0.717, 1.165) is 33.1 Å². The van der Waals surface area contributed by atoms with Crippen molar-refractivity contribution < 1.29 is 4.74 Å². The quantitative estimate of drug-likeness (QED) is 0.362. The second-order valence-corrected chi connectivity index (χ2v) is 8.60. The summed E-state index contributed by atoms with van der Waals surface area (Å²) in [4.78, 5) is 17.7. The number of hydrogen-bond donors (Lipinski definition) is 0. The van der Waals surface area contributed by atoms with E-state index in [9.17, 15) is 4.79 Å². The molecule has 0 aliphatic carbocycles. The van der Waals surface area contributed by atoms with Crippen LogP contribution >= 0.6 is 31.9 Å². The Bertz CT molecular complexity index is 1110. The Labute approximate surface area is 187 Å². The third-order valence-electron chi connectivity index (χ3n) is 4.53. The Kier molecular flexibility index (Phi) is 7.24. The standard InChI is InChI=1S/C22H23Br2N3O2/c1-4-6-21-26-19-9-8-16(23)12-17(19)22(28)27(21)25-13-15-7-10-20(18(24)11-15)29-14(3)5-2/h7-14H,4-6H2,1-3H3/t14-/m1/s1. The molecular formula is C22H23Br2N3O2. The molecule has 0 saturated carbocycles. The molecule has 0 N–H and O–H groups in total. The summed E-state index contributed by atoms with van der Waals surface area (Å²) in [7, 11) is 0. The molecule has 1 heterocycles. The fraction of sp³-hybridized carbons (Fsp3) is 0.318. The van der Waals surface area contributed by atoms with Crippen LogP contribution in [0.5, 0.6) is 5.75 Å². The van der Waals surface area contributed by atoms with E-state index in [2.05, 4.69) is 55.8 Å². The number of benzene rings is 2. The largest absolute Gasteiger partial charge is 0.490 e. The van der Waals surface area contributed by atoms with Crippen LogP contribution in [0.15, 0.2) is 55.2 Å². The van der Waals surface area contributed by atoms with Gasteiger partial charge >= 0.3 is 0 Å². The maximum atomic E-state index is 13.0. The summed E-state index contributed by atoms with van der Waals surface area (Å²) in [6.45, 7) is 6.18. The zero-order valence-electron chi connectivity index (χ0n) is 16.7. The molecule has 152 valence electrons. The lowest BCUT2D eigenvalue weighted by Gasteiger charge is -2.14. The molecule has 3 rings (SSSR count). The fourth-order valence-electron chi connectivity index (χ4n) is 2.82. The number of fused-ring (bicyclic) bond motifs is 1. The fourth-order valence-corrected chi connectivity index (χ4v) is 3.67. The van der Waals surface area contributed by atoms with E-state index in [0.29, 0.717) is 23.1 Å². The minimum Gasteiger partial charge on any atom is -0.490 e. The van der Waals surface area contributed by atoms with Gasteiger partial charge in [-0.15, -0.1) is 0 Å². The lowest BCUT2D eigenvalue weighted by atomic mass is 10.2. The zero-order chi connectivity index (χ0) is 21.0. The van der Waals surface area contributed by atoms with Gasteiger partial charge in [-0.3, -0.25) is 4.79 Å². The van der Waals surface area contributed by atoms with Crippen molar-refractivity contribution in [3.05, 3.63) is 67.1 Å². The average Bonchev–Trinajstić information content (AvgIpc) is 2.70. The highest BCUT2D eigenvalue weighted by Gasteiger charge is 2.11. The van der Waals surface area contributed by atoms with E-state index in [4.69, 9.17) is 4.74 Å². The number of rotatable bonds is 7. The van der Waals surface area contributed by atoms with E-state index >= 15 is 0 Å². The van der Waals surface area contributed by atoms with Crippen molar-refractivity contribution in [2.45, 2.75) is 46.1 Å². The topological polar surface area (TPSA) is 56.5 Å². The number of aromatic nitrogens is 2. The van der Waals surface area contributed by atoms with Gasteiger partial charge in [0.25, 0.3) is 5.56 Å². The van der Waals surface area contributed by atoms with Crippen molar-refractivity contribution >= 4 is 49.0 Å².